The highest BCUT2D eigenvalue weighted by Gasteiger charge is 2.13. The Morgan fingerprint density at radius 2 is 1.90 bits per heavy atom. The van der Waals surface area contributed by atoms with Gasteiger partial charge in [0.2, 0.25) is 5.91 Å². The Hall–Kier alpha value is -2.20. The fourth-order valence-electron chi connectivity index (χ4n) is 2.10. The van der Waals surface area contributed by atoms with E-state index in [2.05, 4.69) is 5.32 Å². The van der Waals surface area contributed by atoms with Gasteiger partial charge < -0.3 is 15.3 Å². The predicted molar refractivity (Wildman–Crippen MR) is 86.2 cm³/mol. The Morgan fingerprint density at radius 1 is 1.19 bits per heavy atom. The first-order valence-electron chi connectivity index (χ1n) is 6.51. The molecule has 4 nitrogen and oxygen atoms in total. The fourth-order valence-corrected chi connectivity index (χ4v) is 2.44. The molecule has 0 aliphatic carbocycles. The molecule has 0 aromatic heterocycles. The highest BCUT2D eigenvalue weighted by molar-refractivity contribution is 6.34. The van der Waals surface area contributed by atoms with Crippen molar-refractivity contribution in [3.05, 3.63) is 53.1 Å². The summed E-state index contributed by atoms with van der Waals surface area (Å²) in [6.07, 6.45) is 0.103. The molecule has 0 fully saturated rings. The third-order valence-corrected chi connectivity index (χ3v) is 3.36. The molecule has 2 aromatic rings. The van der Waals surface area contributed by atoms with Crippen molar-refractivity contribution in [3.63, 3.8) is 0 Å². The minimum atomic E-state index is -0.207. The number of anilines is 2. The number of aromatic hydroxyl groups is 1. The van der Waals surface area contributed by atoms with Crippen LogP contribution in [0.2, 0.25) is 5.02 Å². The molecule has 0 aliphatic rings. The Morgan fingerprint density at radius 3 is 2.57 bits per heavy atom. The molecule has 2 N–H and O–H groups in total. The van der Waals surface area contributed by atoms with Crippen LogP contribution in [0.3, 0.4) is 0 Å². The van der Waals surface area contributed by atoms with Gasteiger partial charge >= 0.3 is 0 Å². The smallest absolute Gasteiger partial charge is 0.228 e. The minimum absolute atomic E-state index is 0.103. The Balaban J connectivity index is 2.17. The maximum atomic E-state index is 12.1. The van der Waals surface area contributed by atoms with Crippen molar-refractivity contribution in [2.24, 2.45) is 0 Å². The summed E-state index contributed by atoms with van der Waals surface area (Å²) in [6.45, 7) is 0. The SMILES string of the molecule is CN(C)c1c(Cl)cccc1NC(=O)Cc1ccccc1O. The third kappa shape index (κ3) is 3.67. The van der Waals surface area contributed by atoms with Crippen LogP contribution in [0, 0.1) is 0 Å². The van der Waals surface area contributed by atoms with Crippen LogP contribution >= 0.6 is 11.6 Å². The van der Waals surface area contributed by atoms with Crippen molar-refractivity contribution >= 4 is 28.9 Å². The van der Waals surface area contributed by atoms with Crippen molar-refractivity contribution in [2.45, 2.75) is 6.42 Å². The Bertz CT molecular complexity index is 656. The molecular formula is C16H17ClN2O2. The van der Waals surface area contributed by atoms with Crippen molar-refractivity contribution in [1.82, 2.24) is 0 Å². The summed E-state index contributed by atoms with van der Waals surface area (Å²) in [4.78, 5) is 14.0. The van der Waals surface area contributed by atoms with E-state index in [4.69, 9.17) is 11.6 Å². The van der Waals surface area contributed by atoms with Gasteiger partial charge in [0.25, 0.3) is 0 Å². The number of phenols is 1. The molecule has 2 aromatic carbocycles. The molecular weight excluding hydrogens is 288 g/mol. The van der Waals surface area contributed by atoms with Gasteiger partial charge in [-0.3, -0.25) is 4.79 Å². The molecule has 0 atom stereocenters. The second kappa shape index (κ2) is 6.50. The van der Waals surface area contributed by atoms with E-state index < -0.39 is 0 Å². The van der Waals surface area contributed by atoms with Gasteiger partial charge in [-0.15, -0.1) is 0 Å². The van der Waals surface area contributed by atoms with E-state index in [0.29, 0.717) is 16.3 Å². The number of phenolic OH excluding ortho intramolecular Hbond substituents is 1. The highest BCUT2D eigenvalue weighted by Crippen LogP contribution is 2.32. The number of benzene rings is 2. The Labute approximate surface area is 129 Å². The van der Waals surface area contributed by atoms with Crippen LogP contribution in [-0.2, 0) is 11.2 Å². The predicted octanol–water partition coefficient (Wildman–Crippen LogP) is 3.29. The number of para-hydroxylation sites is 2. The number of amides is 1. The summed E-state index contributed by atoms with van der Waals surface area (Å²) in [7, 11) is 3.72. The van der Waals surface area contributed by atoms with Crippen LogP contribution in [0.4, 0.5) is 11.4 Å². The van der Waals surface area contributed by atoms with Gasteiger partial charge in [0, 0.05) is 19.7 Å². The molecule has 5 heteroatoms. The molecule has 0 saturated heterocycles. The number of halogens is 1. The van der Waals surface area contributed by atoms with Gasteiger partial charge in [-0.25, -0.2) is 0 Å². The summed E-state index contributed by atoms with van der Waals surface area (Å²) in [5.74, 6) is -0.0894. The van der Waals surface area contributed by atoms with Gasteiger partial charge in [-0.2, -0.15) is 0 Å². The molecule has 0 radical (unpaired) electrons. The van der Waals surface area contributed by atoms with Crippen LogP contribution in [-0.4, -0.2) is 25.1 Å². The molecule has 1 amide bonds. The van der Waals surface area contributed by atoms with Crippen molar-refractivity contribution in [3.8, 4) is 5.75 Å². The van der Waals surface area contributed by atoms with Gasteiger partial charge in [0.15, 0.2) is 0 Å². The lowest BCUT2D eigenvalue weighted by Gasteiger charge is -2.19. The molecule has 0 saturated carbocycles. The van der Waals surface area contributed by atoms with Crippen LogP contribution in [0.15, 0.2) is 42.5 Å². The van der Waals surface area contributed by atoms with E-state index in [1.807, 2.05) is 19.0 Å². The second-order valence-electron chi connectivity index (χ2n) is 4.88. The zero-order valence-corrected chi connectivity index (χ0v) is 12.7. The number of carbonyl (C=O) groups excluding carboxylic acids is 1. The number of nitrogens with zero attached hydrogens (tertiary/aromatic N) is 1. The van der Waals surface area contributed by atoms with Crippen molar-refractivity contribution < 1.29 is 9.90 Å². The van der Waals surface area contributed by atoms with Gasteiger partial charge in [0.1, 0.15) is 5.75 Å². The quantitative estimate of drug-likeness (QED) is 0.911. The van der Waals surface area contributed by atoms with Crippen LogP contribution in [0.1, 0.15) is 5.56 Å². The van der Waals surface area contributed by atoms with E-state index in [0.717, 1.165) is 5.69 Å². The molecule has 21 heavy (non-hydrogen) atoms. The molecule has 0 aliphatic heterocycles. The summed E-state index contributed by atoms with van der Waals surface area (Å²) >= 11 is 6.16. The lowest BCUT2D eigenvalue weighted by molar-refractivity contribution is -0.115. The number of hydrogen-bond donors (Lipinski definition) is 2. The molecule has 110 valence electrons. The normalized spacial score (nSPS) is 10.2. The van der Waals surface area contributed by atoms with Crippen molar-refractivity contribution in [2.75, 3.05) is 24.3 Å². The molecule has 2 rings (SSSR count). The monoisotopic (exact) mass is 304 g/mol. The van der Waals surface area contributed by atoms with E-state index in [-0.39, 0.29) is 18.1 Å². The first kappa shape index (κ1) is 15.2. The van der Waals surface area contributed by atoms with E-state index >= 15 is 0 Å². The first-order valence-corrected chi connectivity index (χ1v) is 6.89. The topological polar surface area (TPSA) is 52.6 Å². The number of hydrogen-bond acceptors (Lipinski definition) is 3. The Kier molecular flexibility index (Phi) is 4.70. The van der Waals surface area contributed by atoms with E-state index in [9.17, 15) is 9.90 Å². The molecule has 0 unspecified atom stereocenters. The van der Waals surface area contributed by atoms with Crippen LogP contribution in [0.25, 0.3) is 0 Å². The van der Waals surface area contributed by atoms with Gasteiger partial charge in [0.05, 0.1) is 22.8 Å². The lowest BCUT2D eigenvalue weighted by atomic mass is 10.1. The zero-order valence-electron chi connectivity index (χ0n) is 11.9. The van der Waals surface area contributed by atoms with Crippen molar-refractivity contribution in [1.29, 1.82) is 0 Å². The van der Waals surface area contributed by atoms with Gasteiger partial charge in [-0.1, -0.05) is 35.9 Å². The average molecular weight is 305 g/mol. The standard InChI is InChI=1S/C16H17ClN2O2/c1-19(2)16-12(17)7-5-8-13(16)18-15(21)10-11-6-3-4-9-14(11)20/h3-9,20H,10H2,1-2H3,(H,18,21). The summed E-state index contributed by atoms with van der Waals surface area (Å²) in [6, 6.07) is 12.1. The average Bonchev–Trinajstić information content (AvgIpc) is 2.41. The zero-order chi connectivity index (χ0) is 15.4. The number of nitrogens with one attached hydrogen (secondary N) is 1. The second-order valence-corrected chi connectivity index (χ2v) is 5.29. The summed E-state index contributed by atoms with van der Waals surface area (Å²) in [5.41, 5.74) is 1.99. The van der Waals surface area contributed by atoms with Crippen LogP contribution in [0.5, 0.6) is 5.75 Å². The maximum Gasteiger partial charge on any atom is 0.228 e. The molecule has 0 heterocycles. The summed E-state index contributed by atoms with van der Waals surface area (Å²) in [5, 5.41) is 13.1. The highest BCUT2D eigenvalue weighted by atomic mass is 35.5. The largest absolute Gasteiger partial charge is 0.508 e. The lowest BCUT2D eigenvalue weighted by Crippen LogP contribution is -2.18. The van der Waals surface area contributed by atoms with Crippen LogP contribution < -0.4 is 10.2 Å². The minimum Gasteiger partial charge on any atom is -0.508 e. The maximum absolute atomic E-state index is 12.1. The van der Waals surface area contributed by atoms with E-state index in [1.54, 1.807) is 42.5 Å². The molecule has 0 bridgehead atoms. The fraction of sp³-hybridized carbons (Fsp3) is 0.188. The first-order chi connectivity index (χ1) is 9.99. The number of rotatable bonds is 4. The third-order valence-electron chi connectivity index (χ3n) is 3.05. The molecule has 0 spiro atoms. The summed E-state index contributed by atoms with van der Waals surface area (Å²) < 4.78 is 0. The number of carbonyl (C=O) groups is 1. The van der Waals surface area contributed by atoms with E-state index in [1.165, 1.54) is 0 Å². The van der Waals surface area contributed by atoms with Gasteiger partial charge in [-0.05, 0) is 18.2 Å².